The lowest BCUT2D eigenvalue weighted by Gasteiger charge is -2.26. The highest BCUT2D eigenvalue weighted by Crippen LogP contribution is 2.30. The molecule has 0 aromatic heterocycles. The van der Waals surface area contributed by atoms with E-state index >= 15 is 0 Å². The second-order valence-corrected chi connectivity index (χ2v) is 10.8. The van der Waals surface area contributed by atoms with Crippen LogP contribution in [0.25, 0.3) is 0 Å². The van der Waals surface area contributed by atoms with Crippen LogP contribution in [-0.4, -0.2) is 28.0 Å². The van der Waals surface area contributed by atoms with Gasteiger partial charge in [0, 0.05) is 6.54 Å². The normalized spacial score (nSPS) is 11.1. The topological polar surface area (TPSA) is 84.9 Å². The number of ether oxygens (including phenoxy) is 2. The largest absolute Gasteiger partial charge is 0.497 e. The third-order valence-corrected chi connectivity index (χ3v) is 8.17. The number of aryl methyl sites for hydroxylation is 1. The Morgan fingerprint density at radius 1 is 0.821 bits per heavy atom. The molecule has 1 amide bonds. The lowest BCUT2D eigenvalue weighted by atomic mass is 10.0. The highest BCUT2D eigenvalue weighted by molar-refractivity contribution is 7.92. The van der Waals surface area contributed by atoms with Gasteiger partial charge in [-0.1, -0.05) is 49.4 Å². The summed E-state index contributed by atoms with van der Waals surface area (Å²) in [6.07, 6.45) is 0.739. The molecule has 0 bridgehead atoms. The van der Waals surface area contributed by atoms with Crippen LogP contribution < -0.4 is 19.1 Å². The fraction of sp³-hybridized carbons (Fsp3) is 0.194. The van der Waals surface area contributed by atoms with E-state index in [0.29, 0.717) is 22.9 Å². The second-order valence-electron chi connectivity index (χ2n) is 8.94. The zero-order valence-electron chi connectivity index (χ0n) is 22.3. The Morgan fingerprint density at radius 3 is 2.10 bits per heavy atom. The Hall–Kier alpha value is -4.30. The van der Waals surface area contributed by atoms with Gasteiger partial charge in [-0.05, 0) is 84.6 Å². The van der Waals surface area contributed by atoms with Gasteiger partial charge >= 0.3 is 0 Å². The highest BCUT2D eigenvalue weighted by atomic mass is 32.2. The molecule has 1 N–H and O–H groups in total. The quantitative estimate of drug-likeness (QED) is 0.255. The molecule has 4 rings (SSSR count). The van der Waals surface area contributed by atoms with Crippen molar-refractivity contribution in [1.82, 2.24) is 5.32 Å². The number of amides is 1. The number of anilines is 1. The van der Waals surface area contributed by atoms with E-state index in [0.717, 1.165) is 23.1 Å². The molecular weight excluding hydrogens is 512 g/mol. The summed E-state index contributed by atoms with van der Waals surface area (Å²) in [5.74, 6) is 1.46. The molecule has 0 spiro atoms. The minimum atomic E-state index is -4.08. The third-order valence-electron chi connectivity index (χ3n) is 6.39. The predicted octanol–water partition coefficient (Wildman–Crippen LogP) is 5.87. The number of rotatable bonds is 11. The van der Waals surface area contributed by atoms with Crippen molar-refractivity contribution < 1.29 is 22.7 Å². The molecule has 39 heavy (non-hydrogen) atoms. The number of hydrogen-bond donors (Lipinski definition) is 1. The van der Waals surface area contributed by atoms with Crippen molar-refractivity contribution in [2.24, 2.45) is 0 Å². The summed E-state index contributed by atoms with van der Waals surface area (Å²) in [6.45, 7) is 3.78. The van der Waals surface area contributed by atoms with Crippen molar-refractivity contribution in [1.29, 1.82) is 0 Å². The van der Waals surface area contributed by atoms with E-state index in [1.807, 2.05) is 80.6 Å². The SMILES string of the molecule is CCc1cccc(N(CC(=O)NCc2ccc(OC)cc2)S(=O)(=O)c2ccc(Oc3ccccc3)cc2)c1C. The van der Waals surface area contributed by atoms with E-state index < -0.39 is 15.9 Å². The molecule has 0 atom stereocenters. The Balaban J connectivity index is 1.59. The summed E-state index contributed by atoms with van der Waals surface area (Å²) >= 11 is 0. The molecule has 0 aliphatic rings. The molecule has 0 aliphatic carbocycles. The van der Waals surface area contributed by atoms with Crippen molar-refractivity contribution in [2.45, 2.75) is 31.7 Å². The summed E-state index contributed by atoms with van der Waals surface area (Å²) in [6, 6.07) is 28.3. The molecule has 0 radical (unpaired) electrons. The number of benzene rings is 4. The molecular formula is C31H32N2O5S. The van der Waals surface area contributed by atoms with Gasteiger partial charge in [0.1, 0.15) is 23.8 Å². The van der Waals surface area contributed by atoms with Crippen molar-refractivity contribution in [3.05, 3.63) is 114 Å². The van der Waals surface area contributed by atoms with E-state index in [-0.39, 0.29) is 18.0 Å². The number of carbonyl (C=O) groups is 1. The van der Waals surface area contributed by atoms with Crippen LogP contribution in [0.4, 0.5) is 5.69 Å². The molecule has 8 heteroatoms. The molecule has 0 saturated heterocycles. The molecule has 202 valence electrons. The van der Waals surface area contributed by atoms with Gasteiger partial charge in [-0.25, -0.2) is 8.42 Å². The number of sulfonamides is 1. The van der Waals surface area contributed by atoms with Gasteiger partial charge in [-0.2, -0.15) is 0 Å². The number of hydrogen-bond acceptors (Lipinski definition) is 5. The smallest absolute Gasteiger partial charge is 0.264 e. The van der Waals surface area contributed by atoms with Gasteiger partial charge in [-0.15, -0.1) is 0 Å². The minimum Gasteiger partial charge on any atom is -0.497 e. The summed E-state index contributed by atoms with van der Waals surface area (Å²) in [4.78, 5) is 13.1. The molecule has 0 aliphatic heterocycles. The molecule has 7 nitrogen and oxygen atoms in total. The average Bonchev–Trinajstić information content (AvgIpc) is 2.96. The molecule has 4 aromatic rings. The molecule has 0 fully saturated rings. The first-order chi connectivity index (χ1) is 18.8. The Kier molecular flexibility index (Phi) is 8.88. The summed E-state index contributed by atoms with van der Waals surface area (Å²) < 4.78 is 40.0. The van der Waals surface area contributed by atoms with Crippen LogP contribution in [0.5, 0.6) is 17.2 Å². The van der Waals surface area contributed by atoms with Crippen molar-refractivity contribution in [2.75, 3.05) is 18.0 Å². The third kappa shape index (κ3) is 6.78. The Labute approximate surface area is 230 Å². The van der Waals surface area contributed by atoms with Gasteiger partial charge in [0.25, 0.3) is 10.0 Å². The first-order valence-corrected chi connectivity index (χ1v) is 14.1. The van der Waals surface area contributed by atoms with Gasteiger partial charge in [0.15, 0.2) is 0 Å². The monoisotopic (exact) mass is 544 g/mol. The first kappa shape index (κ1) is 27.7. The summed E-state index contributed by atoms with van der Waals surface area (Å²) in [5.41, 5.74) is 3.17. The Morgan fingerprint density at radius 2 is 1.46 bits per heavy atom. The van der Waals surface area contributed by atoms with Crippen LogP contribution in [0.15, 0.2) is 102 Å². The van der Waals surface area contributed by atoms with E-state index in [1.54, 1.807) is 25.3 Å². The van der Waals surface area contributed by atoms with E-state index in [2.05, 4.69) is 5.32 Å². The molecule has 0 saturated carbocycles. The highest BCUT2D eigenvalue weighted by Gasteiger charge is 2.29. The fourth-order valence-corrected chi connectivity index (χ4v) is 5.66. The number of nitrogens with zero attached hydrogens (tertiary/aromatic N) is 1. The van der Waals surface area contributed by atoms with Gasteiger partial charge in [-0.3, -0.25) is 9.10 Å². The maximum absolute atomic E-state index is 13.9. The average molecular weight is 545 g/mol. The van der Waals surface area contributed by atoms with Crippen molar-refractivity contribution in [3.63, 3.8) is 0 Å². The van der Waals surface area contributed by atoms with Crippen LogP contribution in [0, 0.1) is 6.92 Å². The maximum Gasteiger partial charge on any atom is 0.264 e. The predicted molar refractivity (Wildman–Crippen MR) is 153 cm³/mol. The number of methoxy groups -OCH3 is 1. The number of nitrogens with one attached hydrogen (secondary N) is 1. The van der Waals surface area contributed by atoms with E-state index in [9.17, 15) is 13.2 Å². The lowest BCUT2D eigenvalue weighted by molar-refractivity contribution is -0.119. The van der Waals surface area contributed by atoms with Crippen molar-refractivity contribution >= 4 is 21.6 Å². The minimum absolute atomic E-state index is 0.0622. The van der Waals surface area contributed by atoms with Crippen LogP contribution in [-0.2, 0) is 27.8 Å². The maximum atomic E-state index is 13.9. The van der Waals surface area contributed by atoms with Crippen LogP contribution >= 0.6 is 0 Å². The second kappa shape index (κ2) is 12.5. The standard InChI is InChI=1S/C31H32N2O5S/c1-4-25-9-8-12-30(23(25)2)33(22-31(34)32-21-24-13-15-26(37-3)16-14-24)39(35,36)29-19-17-28(18-20-29)38-27-10-6-5-7-11-27/h5-20H,4,21-22H2,1-3H3,(H,32,34). The van der Waals surface area contributed by atoms with Crippen molar-refractivity contribution in [3.8, 4) is 17.2 Å². The van der Waals surface area contributed by atoms with Gasteiger partial charge in [0.2, 0.25) is 5.91 Å². The number of para-hydroxylation sites is 1. The summed E-state index contributed by atoms with van der Waals surface area (Å²) in [7, 11) is -2.49. The first-order valence-electron chi connectivity index (χ1n) is 12.7. The fourth-order valence-electron chi connectivity index (χ4n) is 4.18. The molecule has 0 heterocycles. The zero-order valence-corrected chi connectivity index (χ0v) is 23.1. The lowest BCUT2D eigenvalue weighted by Crippen LogP contribution is -2.41. The van der Waals surface area contributed by atoms with Crippen LogP contribution in [0.3, 0.4) is 0 Å². The zero-order chi connectivity index (χ0) is 27.8. The van der Waals surface area contributed by atoms with Crippen LogP contribution in [0.1, 0.15) is 23.6 Å². The number of carbonyl (C=O) groups excluding carboxylic acids is 1. The van der Waals surface area contributed by atoms with Crippen LogP contribution in [0.2, 0.25) is 0 Å². The molecule has 4 aromatic carbocycles. The summed E-state index contributed by atoms with van der Waals surface area (Å²) in [5, 5.41) is 2.84. The Bertz CT molecular complexity index is 1500. The van der Waals surface area contributed by atoms with E-state index in [4.69, 9.17) is 9.47 Å². The van der Waals surface area contributed by atoms with Gasteiger partial charge < -0.3 is 14.8 Å². The van der Waals surface area contributed by atoms with E-state index in [1.165, 1.54) is 16.4 Å². The molecule has 0 unspecified atom stereocenters. The van der Waals surface area contributed by atoms with Gasteiger partial charge in [0.05, 0.1) is 17.7 Å².